The summed E-state index contributed by atoms with van der Waals surface area (Å²) in [6.45, 7) is 6.21. The van der Waals surface area contributed by atoms with Gasteiger partial charge in [-0.05, 0) is 48.6 Å². The van der Waals surface area contributed by atoms with Gasteiger partial charge in [-0.2, -0.15) is 0 Å². The number of aryl methyl sites for hydroxylation is 1. The fourth-order valence-electron chi connectivity index (χ4n) is 1.73. The predicted octanol–water partition coefficient (Wildman–Crippen LogP) is 2.42. The number of rotatable bonds is 7. The summed E-state index contributed by atoms with van der Waals surface area (Å²) in [5.74, 6) is -0.612. The van der Waals surface area contributed by atoms with Crippen LogP contribution in [0.25, 0.3) is 6.08 Å². The molecule has 0 atom stereocenters. The second kappa shape index (κ2) is 7.38. The predicted molar refractivity (Wildman–Crippen MR) is 82.5 cm³/mol. The average Bonchev–Trinajstić information content (AvgIpc) is 2.36. The number of hydrogen-bond acceptors (Lipinski definition) is 3. The van der Waals surface area contributed by atoms with Gasteiger partial charge in [-0.1, -0.05) is 19.9 Å². The van der Waals surface area contributed by atoms with Gasteiger partial charge < -0.3 is 5.11 Å². The number of aliphatic carboxylic acids is 1. The standard InChI is InChI=1S/C15H21NO4S/c1-11(2)8-9-16-21(19,20)14-6-4-13(12(3)10-14)5-7-15(17)18/h4-7,10-11,16H,8-9H2,1-3H3,(H,17,18). The van der Waals surface area contributed by atoms with Crippen molar-refractivity contribution in [2.45, 2.75) is 32.1 Å². The lowest BCUT2D eigenvalue weighted by atomic mass is 10.1. The minimum atomic E-state index is -3.52. The summed E-state index contributed by atoms with van der Waals surface area (Å²) in [6, 6.07) is 4.62. The summed E-state index contributed by atoms with van der Waals surface area (Å²) in [6.07, 6.45) is 3.25. The molecule has 5 nitrogen and oxygen atoms in total. The second-order valence-electron chi connectivity index (χ2n) is 5.27. The minimum Gasteiger partial charge on any atom is -0.478 e. The average molecular weight is 311 g/mol. The Labute approximate surface area is 125 Å². The highest BCUT2D eigenvalue weighted by atomic mass is 32.2. The van der Waals surface area contributed by atoms with E-state index in [0.717, 1.165) is 12.5 Å². The molecule has 0 saturated heterocycles. The van der Waals surface area contributed by atoms with E-state index >= 15 is 0 Å². The highest BCUT2D eigenvalue weighted by Crippen LogP contribution is 2.17. The molecule has 0 aliphatic carbocycles. The quantitative estimate of drug-likeness (QED) is 0.757. The van der Waals surface area contributed by atoms with Gasteiger partial charge in [-0.15, -0.1) is 0 Å². The third-order valence-corrected chi connectivity index (χ3v) is 4.43. The molecule has 0 heterocycles. The molecule has 0 fully saturated rings. The normalized spacial score (nSPS) is 12.2. The Morgan fingerprint density at radius 2 is 2.05 bits per heavy atom. The molecule has 116 valence electrons. The maximum atomic E-state index is 12.1. The van der Waals surface area contributed by atoms with Crippen molar-refractivity contribution in [2.24, 2.45) is 5.92 Å². The molecule has 0 aliphatic heterocycles. The van der Waals surface area contributed by atoms with Crippen LogP contribution >= 0.6 is 0 Å². The van der Waals surface area contributed by atoms with E-state index in [0.29, 0.717) is 23.6 Å². The van der Waals surface area contributed by atoms with Crippen LogP contribution in [0.4, 0.5) is 0 Å². The maximum absolute atomic E-state index is 12.1. The van der Waals surface area contributed by atoms with E-state index in [2.05, 4.69) is 4.72 Å². The third kappa shape index (κ3) is 5.69. The number of sulfonamides is 1. The van der Waals surface area contributed by atoms with Gasteiger partial charge in [0.05, 0.1) is 4.90 Å². The topological polar surface area (TPSA) is 83.5 Å². The van der Waals surface area contributed by atoms with Crippen molar-refractivity contribution in [3.63, 3.8) is 0 Å². The Kier molecular flexibility index (Phi) is 6.11. The number of hydrogen-bond donors (Lipinski definition) is 2. The van der Waals surface area contributed by atoms with E-state index in [4.69, 9.17) is 5.11 Å². The fraction of sp³-hybridized carbons (Fsp3) is 0.400. The Balaban J connectivity index is 2.89. The second-order valence-corrected chi connectivity index (χ2v) is 7.04. The molecule has 0 saturated carbocycles. The lowest BCUT2D eigenvalue weighted by Crippen LogP contribution is -2.25. The lowest BCUT2D eigenvalue weighted by Gasteiger charge is -2.10. The number of carboxylic acid groups (broad SMARTS) is 1. The molecule has 1 rings (SSSR count). The molecule has 6 heteroatoms. The Morgan fingerprint density at radius 3 is 2.57 bits per heavy atom. The van der Waals surface area contributed by atoms with E-state index in [1.807, 2.05) is 13.8 Å². The van der Waals surface area contributed by atoms with Crippen LogP contribution in [0, 0.1) is 12.8 Å². The SMILES string of the molecule is Cc1cc(S(=O)(=O)NCCC(C)C)ccc1C=CC(=O)O. The molecule has 0 amide bonds. The molecule has 21 heavy (non-hydrogen) atoms. The molecule has 0 spiro atoms. The Morgan fingerprint density at radius 1 is 1.38 bits per heavy atom. The highest BCUT2D eigenvalue weighted by molar-refractivity contribution is 7.89. The molecule has 0 bridgehead atoms. The van der Waals surface area contributed by atoms with E-state index in [9.17, 15) is 13.2 Å². The van der Waals surface area contributed by atoms with Crippen LogP contribution in [0.3, 0.4) is 0 Å². The number of benzene rings is 1. The first-order chi connectivity index (χ1) is 9.72. The van der Waals surface area contributed by atoms with Crippen LogP contribution in [-0.2, 0) is 14.8 Å². The molecule has 0 radical (unpaired) electrons. The first kappa shape index (κ1) is 17.4. The minimum absolute atomic E-state index is 0.191. The molecule has 0 aromatic heterocycles. The van der Waals surface area contributed by atoms with Gasteiger partial charge in [0.15, 0.2) is 0 Å². The van der Waals surface area contributed by atoms with Crippen LogP contribution in [0.15, 0.2) is 29.2 Å². The van der Waals surface area contributed by atoms with Gasteiger partial charge in [0.25, 0.3) is 0 Å². The van der Waals surface area contributed by atoms with Gasteiger partial charge in [-0.3, -0.25) is 0 Å². The van der Waals surface area contributed by atoms with Crippen LogP contribution in [0.1, 0.15) is 31.4 Å². The number of carbonyl (C=O) groups is 1. The molecule has 2 N–H and O–H groups in total. The molecule has 0 unspecified atom stereocenters. The van der Waals surface area contributed by atoms with Crippen molar-refractivity contribution >= 4 is 22.1 Å². The molecular weight excluding hydrogens is 290 g/mol. The third-order valence-electron chi connectivity index (χ3n) is 2.97. The Bertz CT molecular complexity index is 633. The first-order valence-corrected chi connectivity index (χ1v) is 8.22. The van der Waals surface area contributed by atoms with E-state index < -0.39 is 16.0 Å². The van der Waals surface area contributed by atoms with Crippen LogP contribution in [0.2, 0.25) is 0 Å². The molecule has 0 aliphatic rings. The zero-order chi connectivity index (χ0) is 16.0. The van der Waals surface area contributed by atoms with Crippen molar-refractivity contribution in [1.29, 1.82) is 0 Å². The van der Waals surface area contributed by atoms with Crippen molar-refractivity contribution < 1.29 is 18.3 Å². The van der Waals surface area contributed by atoms with Crippen molar-refractivity contribution in [3.05, 3.63) is 35.4 Å². The number of carboxylic acids is 1. The summed E-state index contributed by atoms with van der Waals surface area (Å²) in [5.41, 5.74) is 1.39. The summed E-state index contributed by atoms with van der Waals surface area (Å²) in [4.78, 5) is 10.7. The molecule has 1 aromatic rings. The zero-order valence-corrected chi connectivity index (χ0v) is 13.3. The van der Waals surface area contributed by atoms with Gasteiger partial charge in [0, 0.05) is 12.6 Å². The summed E-state index contributed by atoms with van der Waals surface area (Å²) in [5, 5.41) is 8.60. The fourth-order valence-corrected chi connectivity index (χ4v) is 2.86. The first-order valence-electron chi connectivity index (χ1n) is 6.73. The number of nitrogens with one attached hydrogen (secondary N) is 1. The van der Waals surface area contributed by atoms with Gasteiger partial charge in [0.1, 0.15) is 0 Å². The monoisotopic (exact) mass is 311 g/mol. The van der Waals surface area contributed by atoms with Crippen LogP contribution < -0.4 is 4.72 Å². The highest BCUT2D eigenvalue weighted by Gasteiger charge is 2.14. The van der Waals surface area contributed by atoms with E-state index in [1.54, 1.807) is 19.1 Å². The largest absolute Gasteiger partial charge is 0.478 e. The summed E-state index contributed by atoms with van der Waals surface area (Å²) >= 11 is 0. The summed E-state index contributed by atoms with van der Waals surface area (Å²) in [7, 11) is -3.52. The van der Waals surface area contributed by atoms with Crippen molar-refractivity contribution in [1.82, 2.24) is 4.72 Å². The van der Waals surface area contributed by atoms with Gasteiger partial charge >= 0.3 is 5.97 Å². The van der Waals surface area contributed by atoms with Gasteiger partial charge in [0.2, 0.25) is 10.0 Å². The van der Waals surface area contributed by atoms with E-state index in [1.165, 1.54) is 12.1 Å². The Hall–Kier alpha value is -1.66. The zero-order valence-electron chi connectivity index (χ0n) is 12.5. The summed E-state index contributed by atoms with van der Waals surface area (Å²) < 4.78 is 26.8. The van der Waals surface area contributed by atoms with Gasteiger partial charge in [-0.25, -0.2) is 17.9 Å². The van der Waals surface area contributed by atoms with Crippen LogP contribution in [-0.4, -0.2) is 26.0 Å². The van der Waals surface area contributed by atoms with Crippen molar-refractivity contribution in [2.75, 3.05) is 6.54 Å². The van der Waals surface area contributed by atoms with Crippen LogP contribution in [0.5, 0.6) is 0 Å². The molecular formula is C15H21NO4S. The maximum Gasteiger partial charge on any atom is 0.328 e. The lowest BCUT2D eigenvalue weighted by molar-refractivity contribution is -0.131. The molecule has 1 aromatic carbocycles. The smallest absolute Gasteiger partial charge is 0.328 e. The van der Waals surface area contributed by atoms with E-state index in [-0.39, 0.29) is 4.90 Å². The van der Waals surface area contributed by atoms with Crippen molar-refractivity contribution in [3.8, 4) is 0 Å².